The van der Waals surface area contributed by atoms with Gasteiger partial charge in [0.05, 0.1) is 19.7 Å². The number of hydrogen-bond acceptors (Lipinski definition) is 3. The van der Waals surface area contributed by atoms with E-state index in [9.17, 15) is 18.0 Å². The first kappa shape index (κ1) is 16.5. The average molecular weight is 289 g/mol. The molecule has 0 aliphatic heterocycles. The lowest BCUT2D eigenvalue weighted by molar-refractivity contribution is -0.144. The summed E-state index contributed by atoms with van der Waals surface area (Å²) >= 11 is 0. The van der Waals surface area contributed by atoms with Gasteiger partial charge in [-0.1, -0.05) is 6.92 Å². The van der Waals surface area contributed by atoms with Gasteiger partial charge in [0.2, 0.25) is 0 Å². The van der Waals surface area contributed by atoms with Crippen molar-refractivity contribution < 1.29 is 22.7 Å². The highest BCUT2D eigenvalue weighted by atomic mass is 19.4. The van der Waals surface area contributed by atoms with E-state index < -0.39 is 12.7 Å². The molecule has 0 aliphatic rings. The molecule has 0 aromatic heterocycles. The van der Waals surface area contributed by atoms with Crippen LogP contribution in [0.15, 0.2) is 24.3 Å². The normalized spacial score (nSPS) is 11.7. The number of carbonyl (C=O) groups excluding carboxylic acids is 1. The van der Waals surface area contributed by atoms with Gasteiger partial charge in [-0.05, 0) is 37.7 Å². The molecule has 3 nitrogen and oxygen atoms in total. The fourth-order valence-electron chi connectivity index (χ4n) is 1.73. The number of Topliss-reactive ketones (excluding diaryl/α,β-unsaturated/α-hetero) is 1. The maximum Gasteiger partial charge on any atom is 0.401 e. The van der Waals surface area contributed by atoms with Gasteiger partial charge in [0.1, 0.15) is 5.75 Å². The predicted molar refractivity (Wildman–Crippen MR) is 70.1 cm³/mol. The lowest BCUT2D eigenvalue weighted by Crippen LogP contribution is -2.37. The van der Waals surface area contributed by atoms with Crippen LogP contribution in [0.4, 0.5) is 13.2 Å². The van der Waals surface area contributed by atoms with E-state index in [4.69, 9.17) is 4.74 Å². The van der Waals surface area contributed by atoms with Crippen LogP contribution in [0, 0.1) is 0 Å². The SMILES string of the molecule is CCOc1ccc(C(=O)CN(CC)CC(F)(F)F)cc1. The monoisotopic (exact) mass is 289 g/mol. The van der Waals surface area contributed by atoms with E-state index in [2.05, 4.69) is 0 Å². The Morgan fingerprint density at radius 1 is 1.20 bits per heavy atom. The minimum atomic E-state index is -4.30. The van der Waals surface area contributed by atoms with E-state index >= 15 is 0 Å². The van der Waals surface area contributed by atoms with Gasteiger partial charge in [-0.25, -0.2) is 0 Å². The Morgan fingerprint density at radius 2 is 1.80 bits per heavy atom. The van der Waals surface area contributed by atoms with E-state index in [1.54, 1.807) is 31.2 Å². The summed E-state index contributed by atoms with van der Waals surface area (Å²) in [5, 5.41) is 0. The number of likely N-dealkylation sites (N-methyl/N-ethyl adjacent to an activating group) is 1. The first-order valence-electron chi connectivity index (χ1n) is 6.41. The molecule has 20 heavy (non-hydrogen) atoms. The third-order valence-electron chi connectivity index (χ3n) is 2.70. The van der Waals surface area contributed by atoms with E-state index in [-0.39, 0.29) is 18.9 Å². The number of halogens is 3. The first-order chi connectivity index (χ1) is 9.35. The molecule has 6 heteroatoms. The first-order valence-corrected chi connectivity index (χ1v) is 6.41. The van der Waals surface area contributed by atoms with Crippen LogP contribution < -0.4 is 4.74 Å². The van der Waals surface area contributed by atoms with E-state index in [0.29, 0.717) is 17.9 Å². The van der Waals surface area contributed by atoms with Crippen LogP contribution in [0.3, 0.4) is 0 Å². The summed E-state index contributed by atoms with van der Waals surface area (Å²) < 4.78 is 42.2. The highest BCUT2D eigenvalue weighted by molar-refractivity contribution is 5.97. The molecular formula is C14H18F3NO2. The second kappa shape index (κ2) is 7.28. The Balaban J connectivity index is 2.64. The largest absolute Gasteiger partial charge is 0.494 e. The minimum Gasteiger partial charge on any atom is -0.494 e. The van der Waals surface area contributed by atoms with Crippen molar-refractivity contribution in [1.82, 2.24) is 4.90 Å². The minimum absolute atomic E-state index is 0.169. The summed E-state index contributed by atoms with van der Waals surface area (Å²) in [6.07, 6.45) is -4.30. The Kier molecular flexibility index (Phi) is 6.01. The summed E-state index contributed by atoms with van der Waals surface area (Å²) in [5.74, 6) is 0.297. The molecule has 0 aliphatic carbocycles. The highest BCUT2D eigenvalue weighted by Gasteiger charge is 2.30. The van der Waals surface area contributed by atoms with E-state index in [0.717, 1.165) is 4.90 Å². The van der Waals surface area contributed by atoms with Gasteiger partial charge in [0.25, 0.3) is 0 Å². The van der Waals surface area contributed by atoms with Crippen LogP contribution in [0.5, 0.6) is 5.75 Å². The highest BCUT2D eigenvalue weighted by Crippen LogP contribution is 2.17. The average Bonchev–Trinajstić information content (AvgIpc) is 2.37. The van der Waals surface area contributed by atoms with Gasteiger partial charge in [-0.2, -0.15) is 13.2 Å². The van der Waals surface area contributed by atoms with Crippen molar-refractivity contribution in [2.45, 2.75) is 20.0 Å². The van der Waals surface area contributed by atoms with Crippen LogP contribution in [-0.2, 0) is 0 Å². The Hall–Kier alpha value is -1.56. The van der Waals surface area contributed by atoms with Gasteiger partial charge in [-0.3, -0.25) is 9.69 Å². The maximum atomic E-state index is 12.3. The van der Waals surface area contributed by atoms with E-state index in [1.165, 1.54) is 0 Å². The van der Waals surface area contributed by atoms with Crippen LogP contribution in [0.1, 0.15) is 24.2 Å². The third kappa shape index (κ3) is 5.61. The molecule has 0 fully saturated rings. The summed E-state index contributed by atoms with van der Waals surface area (Å²) in [6, 6.07) is 6.40. The molecule has 112 valence electrons. The van der Waals surface area contributed by atoms with E-state index in [1.807, 2.05) is 6.92 Å². The number of benzene rings is 1. The molecule has 0 unspecified atom stereocenters. The topological polar surface area (TPSA) is 29.5 Å². The Morgan fingerprint density at radius 3 is 2.25 bits per heavy atom. The number of hydrogen-bond donors (Lipinski definition) is 0. The van der Waals surface area contributed by atoms with Gasteiger partial charge >= 0.3 is 6.18 Å². The van der Waals surface area contributed by atoms with Crippen molar-refractivity contribution in [3.05, 3.63) is 29.8 Å². The van der Waals surface area contributed by atoms with Crippen LogP contribution in [0.25, 0.3) is 0 Å². The van der Waals surface area contributed by atoms with Crippen molar-refractivity contribution in [2.24, 2.45) is 0 Å². The van der Waals surface area contributed by atoms with Crippen molar-refractivity contribution in [1.29, 1.82) is 0 Å². The molecule has 0 saturated heterocycles. The molecule has 0 radical (unpaired) electrons. The molecule has 0 spiro atoms. The number of nitrogens with zero attached hydrogens (tertiary/aromatic N) is 1. The molecule has 0 heterocycles. The van der Waals surface area contributed by atoms with Crippen LogP contribution in [-0.4, -0.2) is 43.1 Å². The summed E-state index contributed by atoms with van der Waals surface area (Å²) in [7, 11) is 0. The van der Waals surface area contributed by atoms with Gasteiger partial charge in [0, 0.05) is 5.56 Å². The quantitative estimate of drug-likeness (QED) is 0.722. The van der Waals surface area contributed by atoms with Crippen LogP contribution >= 0.6 is 0 Å². The van der Waals surface area contributed by atoms with Crippen molar-refractivity contribution in [3.8, 4) is 5.75 Å². The lowest BCUT2D eigenvalue weighted by atomic mass is 10.1. The number of alkyl halides is 3. The molecule has 0 bridgehead atoms. The molecule has 0 amide bonds. The fourth-order valence-corrected chi connectivity index (χ4v) is 1.73. The second-order valence-electron chi connectivity index (χ2n) is 4.30. The van der Waals surface area contributed by atoms with Gasteiger partial charge < -0.3 is 4.74 Å². The zero-order valence-electron chi connectivity index (χ0n) is 11.5. The summed E-state index contributed by atoms with van der Waals surface area (Å²) in [6.45, 7) is 2.80. The number of rotatable bonds is 7. The molecular weight excluding hydrogens is 271 g/mol. The van der Waals surface area contributed by atoms with Crippen molar-refractivity contribution in [3.63, 3.8) is 0 Å². The Labute approximate surface area is 116 Å². The molecule has 0 saturated carbocycles. The molecule has 0 N–H and O–H groups in total. The Bertz CT molecular complexity index is 429. The zero-order chi connectivity index (χ0) is 15.2. The zero-order valence-corrected chi connectivity index (χ0v) is 11.5. The second-order valence-corrected chi connectivity index (χ2v) is 4.30. The number of ether oxygens (including phenoxy) is 1. The van der Waals surface area contributed by atoms with Crippen molar-refractivity contribution >= 4 is 5.78 Å². The molecule has 1 rings (SSSR count). The number of carbonyl (C=O) groups is 1. The summed E-state index contributed by atoms with van der Waals surface area (Å²) in [4.78, 5) is 13.0. The van der Waals surface area contributed by atoms with Gasteiger partial charge in [-0.15, -0.1) is 0 Å². The molecule has 0 atom stereocenters. The third-order valence-corrected chi connectivity index (χ3v) is 2.70. The van der Waals surface area contributed by atoms with Crippen LogP contribution in [0.2, 0.25) is 0 Å². The predicted octanol–water partition coefficient (Wildman–Crippen LogP) is 3.15. The summed E-state index contributed by atoms with van der Waals surface area (Å²) in [5.41, 5.74) is 0.383. The lowest BCUT2D eigenvalue weighted by Gasteiger charge is -2.21. The maximum absolute atomic E-state index is 12.3. The molecule has 1 aromatic rings. The molecule has 1 aromatic carbocycles. The van der Waals surface area contributed by atoms with Gasteiger partial charge in [0.15, 0.2) is 5.78 Å². The fraction of sp³-hybridized carbons (Fsp3) is 0.500. The standard InChI is InChI=1S/C14H18F3NO2/c1-3-18(10-14(15,16)17)9-13(19)11-5-7-12(8-6-11)20-4-2/h5-8H,3-4,9-10H2,1-2H3. The number of ketones is 1. The van der Waals surface area contributed by atoms with Crippen molar-refractivity contribution in [2.75, 3.05) is 26.2 Å². The smallest absolute Gasteiger partial charge is 0.401 e.